The smallest absolute Gasteiger partial charge is 0.410 e. The number of likely N-dealkylation sites (tertiary alicyclic amines) is 1. The molecule has 2 saturated heterocycles. The van der Waals surface area contributed by atoms with Crippen molar-refractivity contribution >= 4 is 11.7 Å². The van der Waals surface area contributed by atoms with E-state index in [0.717, 1.165) is 49.0 Å². The van der Waals surface area contributed by atoms with Crippen LogP contribution >= 0.6 is 0 Å². The third kappa shape index (κ3) is 4.26. The van der Waals surface area contributed by atoms with Gasteiger partial charge in [0.05, 0.1) is 17.3 Å². The highest BCUT2D eigenvalue weighted by Gasteiger charge is 2.47. The van der Waals surface area contributed by atoms with Gasteiger partial charge in [0.25, 0.3) is 0 Å². The lowest BCUT2D eigenvalue weighted by Crippen LogP contribution is -2.53. The number of aromatic nitrogens is 3. The van der Waals surface area contributed by atoms with Gasteiger partial charge in [-0.1, -0.05) is 30.3 Å². The summed E-state index contributed by atoms with van der Waals surface area (Å²) in [5.41, 5.74) is 3.52. The zero-order valence-corrected chi connectivity index (χ0v) is 21.2. The molecular formula is C28H34N4O4. The molecule has 4 heterocycles. The van der Waals surface area contributed by atoms with Gasteiger partial charge >= 0.3 is 6.09 Å². The van der Waals surface area contributed by atoms with E-state index in [9.17, 15) is 4.79 Å². The van der Waals surface area contributed by atoms with E-state index in [0.29, 0.717) is 19.0 Å². The predicted octanol–water partition coefficient (Wildman–Crippen LogP) is 4.82. The van der Waals surface area contributed by atoms with Gasteiger partial charge in [-0.15, -0.1) is 0 Å². The number of hydrogen-bond donors (Lipinski definition) is 0. The van der Waals surface area contributed by atoms with Gasteiger partial charge in [0.2, 0.25) is 0 Å². The van der Waals surface area contributed by atoms with E-state index >= 15 is 0 Å². The van der Waals surface area contributed by atoms with Gasteiger partial charge in [0, 0.05) is 24.8 Å². The Morgan fingerprint density at radius 1 is 1.17 bits per heavy atom. The molecule has 6 rings (SSSR count). The Balaban J connectivity index is 1.25. The van der Waals surface area contributed by atoms with Crippen LogP contribution in [0.2, 0.25) is 0 Å². The topological polar surface area (TPSA) is 78.2 Å². The lowest BCUT2D eigenvalue weighted by molar-refractivity contribution is -0.396. The third-order valence-electron chi connectivity index (χ3n) is 8.06. The van der Waals surface area contributed by atoms with Crippen LogP contribution in [-0.4, -0.2) is 56.9 Å². The standard InChI is InChI=1S/C28H34N4O4/c1-19-34-25(35-19)28(3,17-20-7-5-4-6-8-20)23-9-14-29-24-22(18-30-32(23)24)21-10-15-31(16-11-21)26(33)36-27(2)12-13-27/h4-9,14,18-19,21,25H,10-13,15-17H2,1-3H3. The fourth-order valence-electron chi connectivity index (χ4n) is 5.53. The van der Waals surface area contributed by atoms with Gasteiger partial charge in [-0.3, -0.25) is 0 Å². The Bertz CT molecular complexity index is 1240. The van der Waals surface area contributed by atoms with Crippen molar-refractivity contribution in [2.24, 2.45) is 0 Å². The molecular weight excluding hydrogens is 456 g/mol. The number of carbonyl (C=O) groups excluding carboxylic acids is 1. The summed E-state index contributed by atoms with van der Waals surface area (Å²) in [4.78, 5) is 19.1. The monoisotopic (exact) mass is 490 g/mol. The number of rotatable bonds is 6. The van der Waals surface area contributed by atoms with Gasteiger partial charge < -0.3 is 19.1 Å². The summed E-state index contributed by atoms with van der Waals surface area (Å²) in [5, 5.41) is 4.81. The molecule has 3 aliphatic rings. The molecule has 8 heteroatoms. The first kappa shape index (κ1) is 23.4. The summed E-state index contributed by atoms with van der Waals surface area (Å²) in [7, 11) is 0. The molecule has 3 fully saturated rings. The second kappa shape index (κ2) is 8.85. The Morgan fingerprint density at radius 3 is 2.56 bits per heavy atom. The number of fused-ring (bicyclic) bond motifs is 1. The van der Waals surface area contributed by atoms with E-state index in [1.165, 1.54) is 5.56 Å². The molecule has 1 aliphatic carbocycles. The number of benzene rings is 1. The summed E-state index contributed by atoms with van der Waals surface area (Å²) in [5.74, 6) is 0.294. The van der Waals surface area contributed by atoms with Crippen LogP contribution in [0.4, 0.5) is 4.79 Å². The Labute approximate surface area is 211 Å². The van der Waals surface area contributed by atoms with Gasteiger partial charge in [-0.2, -0.15) is 5.10 Å². The SMILES string of the molecule is CC1OC(C(C)(Cc2ccccc2)c2ccnc3c(C4CCN(C(=O)OC5(C)CC5)CC4)cnn23)O1. The molecule has 0 bridgehead atoms. The summed E-state index contributed by atoms with van der Waals surface area (Å²) < 4.78 is 19.7. The van der Waals surface area contributed by atoms with Gasteiger partial charge in [-0.05, 0) is 70.4 Å². The van der Waals surface area contributed by atoms with Crippen LogP contribution in [0.3, 0.4) is 0 Å². The Morgan fingerprint density at radius 2 is 1.89 bits per heavy atom. The van der Waals surface area contributed by atoms with Crippen LogP contribution in [0, 0.1) is 0 Å². The van der Waals surface area contributed by atoms with Crippen molar-refractivity contribution in [2.45, 2.75) is 82.4 Å². The largest absolute Gasteiger partial charge is 0.443 e. The molecule has 1 saturated carbocycles. The molecule has 0 spiro atoms. The van der Waals surface area contributed by atoms with Crippen molar-refractivity contribution < 1.29 is 19.0 Å². The normalized spacial score (nSPS) is 25.2. The first-order chi connectivity index (χ1) is 17.3. The first-order valence-corrected chi connectivity index (χ1v) is 13.0. The van der Waals surface area contributed by atoms with Crippen molar-refractivity contribution in [3.8, 4) is 0 Å². The van der Waals surface area contributed by atoms with E-state index in [4.69, 9.17) is 24.3 Å². The summed E-state index contributed by atoms with van der Waals surface area (Å²) in [6.45, 7) is 7.47. The molecule has 2 aliphatic heterocycles. The molecule has 1 atom stereocenters. The molecule has 1 amide bonds. The van der Waals surface area contributed by atoms with Crippen molar-refractivity contribution in [3.63, 3.8) is 0 Å². The quantitative estimate of drug-likeness (QED) is 0.493. The summed E-state index contributed by atoms with van der Waals surface area (Å²) in [6.07, 6.45) is 7.46. The van der Waals surface area contributed by atoms with E-state index in [1.807, 2.05) is 47.8 Å². The maximum absolute atomic E-state index is 12.5. The number of ether oxygens (including phenoxy) is 3. The van der Waals surface area contributed by atoms with Crippen molar-refractivity contribution in [2.75, 3.05) is 13.1 Å². The lowest BCUT2D eigenvalue weighted by atomic mass is 9.78. The average Bonchev–Trinajstić information content (AvgIpc) is 3.43. The average molecular weight is 491 g/mol. The minimum atomic E-state index is -0.454. The van der Waals surface area contributed by atoms with Crippen molar-refractivity contribution in [1.29, 1.82) is 0 Å². The zero-order chi connectivity index (χ0) is 24.9. The van der Waals surface area contributed by atoms with E-state index in [-0.39, 0.29) is 24.3 Å². The van der Waals surface area contributed by atoms with Crippen LogP contribution in [0.15, 0.2) is 48.8 Å². The van der Waals surface area contributed by atoms with E-state index in [2.05, 4.69) is 31.2 Å². The van der Waals surface area contributed by atoms with Crippen LogP contribution in [0.1, 0.15) is 69.2 Å². The lowest BCUT2D eigenvalue weighted by Gasteiger charge is -2.45. The zero-order valence-electron chi connectivity index (χ0n) is 21.2. The van der Waals surface area contributed by atoms with Crippen molar-refractivity contribution in [3.05, 3.63) is 65.6 Å². The molecule has 3 aromatic rings. The minimum Gasteiger partial charge on any atom is -0.443 e. The third-order valence-corrected chi connectivity index (χ3v) is 8.06. The van der Waals surface area contributed by atoms with Gasteiger partial charge in [0.15, 0.2) is 18.2 Å². The fourth-order valence-corrected chi connectivity index (χ4v) is 5.53. The molecule has 8 nitrogen and oxygen atoms in total. The Kier molecular flexibility index (Phi) is 5.76. The highest BCUT2D eigenvalue weighted by Crippen LogP contribution is 2.41. The van der Waals surface area contributed by atoms with Gasteiger partial charge in [0.1, 0.15) is 5.60 Å². The van der Waals surface area contributed by atoms with Crippen LogP contribution in [-0.2, 0) is 26.0 Å². The number of hydrogen-bond acceptors (Lipinski definition) is 6. The minimum absolute atomic E-state index is 0.180. The van der Waals surface area contributed by atoms with E-state index in [1.54, 1.807) is 0 Å². The van der Waals surface area contributed by atoms with Crippen molar-refractivity contribution in [1.82, 2.24) is 19.5 Å². The maximum Gasteiger partial charge on any atom is 0.410 e. The fraction of sp³-hybridized carbons (Fsp3) is 0.536. The predicted molar refractivity (Wildman–Crippen MR) is 134 cm³/mol. The molecule has 1 aromatic carbocycles. The summed E-state index contributed by atoms with van der Waals surface area (Å²) >= 11 is 0. The van der Waals surface area contributed by atoms with Gasteiger partial charge in [-0.25, -0.2) is 14.3 Å². The molecule has 0 N–H and O–H groups in total. The molecule has 36 heavy (non-hydrogen) atoms. The summed E-state index contributed by atoms with van der Waals surface area (Å²) in [6, 6.07) is 12.4. The highest BCUT2D eigenvalue weighted by atomic mass is 16.9. The van der Waals surface area contributed by atoms with Crippen LogP contribution in [0.25, 0.3) is 5.65 Å². The number of nitrogens with zero attached hydrogens (tertiary/aromatic N) is 4. The number of piperidine rings is 1. The maximum atomic E-state index is 12.5. The Hall–Kier alpha value is -2.97. The number of amides is 1. The second-order valence-corrected chi connectivity index (χ2v) is 11.0. The van der Waals surface area contributed by atoms with Crippen LogP contribution < -0.4 is 0 Å². The number of carbonyl (C=O) groups is 1. The molecule has 0 radical (unpaired) electrons. The first-order valence-electron chi connectivity index (χ1n) is 13.0. The second-order valence-electron chi connectivity index (χ2n) is 11.0. The molecule has 1 unspecified atom stereocenters. The van der Waals surface area contributed by atoms with E-state index < -0.39 is 5.41 Å². The van der Waals surface area contributed by atoms with Crippen LogP contribution in [0.5, 0.6) is 0 Å². The molecule has 2 aromatic heterocycles. The highest BCUT2D eigenvalue weighted by molar-refractivity contribution is 5.68. The molecule has 190 valence electrons.